The van der Waals surface area contributed by atoms with Gasteiger partial charge in [-0.1, -0.05) is 0 Å². The Bertz CT molecular complexity index is 927. The molecular weight excluding hydrogens is 379 g/mol. The molecule has 5 rings (SSSR count). The van der Waals surface area contributed by atoms with Crippen molar-refractivity contribution in [1.29, 1.82) is 0 Å². The lowest BCUT2D eigenvalue weighted by molar-refractivity contribution is -0.120. The summed E-state index contributed by atoms with van der Waals surface area (Å²) in [6.45, 7) is 4.48. The quantitative estimate of drug-likeness (QED) is 0.824. The van der Waals surface area contributed by atoms with Gasteiger partial charge in [0.2, 0.25) is 0 Å². The van der Waals surface area contributed by atoms with Crippen molar-refractivity contribution in [3.05, 3.63) is 47.9 Å². The van der Waals surface area contributed by atoms with Gasteiger partial charge < -0.3 is 10.6 Å². The maximum absolute atomic E-state index is 13.2. The van der Waals surface area contributed by atoms with Gasteiger partial charge in [-0.05, 0) is 81.2 Å². The number of nitrogens with two attached hydrogens (primary N) is 1. The summed E-state index contributed by atoms with van der Waals surface area (Å²) in [5.74, 6) is 1.18. The van der Waals surface area contributed by atoms with Crippen LogP contribution in [0.15, 0.2) is 36.4 Å². The van der Waals surface area contributed by atoms with Gasteiger partial charge in [0.15, 0.2) is 0 Å². The van der Waals surface area contributed by atoms with Crippen molar-refractivity contribution in [3.63, 3.8) is 0 Å². The van der Waals surface area contributed by atoms with E-state index in [1.54, 1.807) is 18.2 Å². The first-order valence-corrected chi connectivity index (χ1v) is 11.0. The molecule has 0 radical (unpaired) electrons. The lowest BCUT2D eigenvalue weighted by atomic mass is 10.0. The molecule has 158 valence electrons. The number of benzene rings is 1. The number of carbonyl (C=O) groups is 1. The minimum atomic E-state index is -0.279. The van der Waals surface area contributed by atoms with Crippen LogP contribution in [0.3, 0.4) is 0 Å². The molecule has 0 amide bonds. The van der Waals surface area contributed by atoms with E-state index in [4.69, 9.17) is 5.73 Å². The highest BCUT2D eigenvalue weighted by Crippen LogP contribution is 2.53. The number of halogens is 1. The Labute approximate surface area is 177 Å². The number of pyridine rings is 1. The minimum Gasteiger partial charge on any atom is -0.397 e. The molecule has 3 fully saturated rings. The second-order valence-corrected chi connectivity index (χ2v) is 9.22. The van der Waals surface area contributed by atoms with Crippen LogP contribution in [0.25, 0.3) is 11.3 Å². The summed E-state index contributed by atoms with van der Waals surface area (Å²) in [7, 11) is 2.19. The van der Waals surface area contributed by atoms with Gasteiger partial charge in [-0.25, -0.2) is 4.39 Å². The van der Waals surface area contributed by atoms with Crippen LogP contribution in [0, 0.1) is 23.6 Å². The Morgan fingerprint density at radius 3 is 2.43 bits per heavy atom. The molecule has 2 N–H and O–H groups in total. The fourth-order valence-corrected chi connectivity index (χ4v) is 5.41. The minimum absolute atomic E-state index is 0.170. The lowest BCUT2D eigenvalue weighted by Crippen LogP contribution is -2.44. The molecule has 1 unspecified atom stereocenters. The molecule has 2 aromatic rings. The number of hydrogen-bond donors (Lipinski definition) is 1. The summed E-state index contributed by atoms with van der Waals surface area (Å²) >= 11 is 0. The third-order valence-corrected chi connectivity index (χ3v) is 7.29. The third kappa shape index (κ3) is 3.74. The Balaban J connectivity index is 1.21. The summed E-state index contributed by atoms with van der Waals surface area (Å²) in [6.07, 6.45) is 2.77. The molecule has 0 bridgehead atoms. The van der Waals surface area contributed by atoms with E-state index in [0.717, 1.165) is 24.3 Å². The van der Waals surface area contributed by atoms with E-state index >= 15 is 0 Å². The highest BCUT2D eigenvalue weighted by Gasteiger charge is 2.59. The predicted molar refractivity (Wildman–Crippen MR) is 115 cm³/mol. The molecule has 6 heteroatoms. The first-order valence-electron chi connectivity index (χ1n) is 11.0. The number of hydrogen-bond acceptors (Lipinski definition) is 5. The molecule has 1 aliphatic carbocycles. The lowest BCUT2D eigenvalue weighted by Gasteiger charge is -2.36. The summed E-state index contributed by atoms with van der Waals surface area (Å²) in [6, 6.07) is 10.5. The standard InChI is InChI=1S/C24H29FN4O/c1-28-10-8-17(9-11-28)29-13-18-19(14-29)24(18)23(30)12-22-20(26)6-7-21(27-22)15-2-4-16(25)5-3-15/h2-7,17-19,24H,8-14,26H2,1H3/t18-,19+,24?. The second kappa shape index (κ2) is 7.75. The van der Waals surface area contributed by atoms with Crippen LogP contribution in [0.2, 0.25) is 0 Å². The molecule has 0 spiro atoms. The molecule has 2 aliphatic heterocycles. The molecule has 3 heterocycles. The third-order valence-electron chi connectivity index (χ3n) is 7.29. The molecular formula is C24H29FN4O. The largest absolute Gasteiger partial charge is 0.397 e. The molecule has 1 aromatic heterocycles. The second-order valence-electron chi connectivity index (χ2n) is 9.22. The number of fused-ring (bicyclic) bond motifs is 1. The summed E-state index contributed by atoms with van der Waals surface area (Å²) in [4.78, 5) is 22.6. The summed E-state index contributed by atoms with van der Waals surface area (Å²) in [5, 5.41) is 0. The van der Waals surface area contributed by atoms with Crippen LogP contribution >= 0.6 is 0 Å². The van der Waals surface area contributed by atoms with Crippen molar-refractivity contribution in [2.45, 2.75) is 25.3 Å². The van der Waals surface area contributed by atoms with E-state index in [9.17, 15) is 9.18 Å². The number of aromatic nitrogens is 1. The molecule has 30 heavy (non-hydrogen) atoms. The van der Waals surface area contributed by atoms with Crippen LogP contribution in [0.4, 0.5) is 10.1 Å². The number of piperidine rings is 2. The van der Waals surface area contributed by atoms with Gasteiger partial charge in [0.25, 0.3) is 0 Å². The highest BCUT2D eigenvalue weighted by atomic mass is 19.1. The Hall–Kier alpha value is -2.31. The molecule has 3 atom stereocenters. The fraction of sp³-hybridized carbons (Fsp3) is 0.500. The number of Topliss-reactive ketones (excluding diaryl/α,β-unsaturated/α-hetero) is 1. The van der Waals surface area contributed by atoms with Gasteiger partial charge in [0.1, 0.15) is 11.6 Å². The van der Waals surface area contributed by atoms with E-state index in [0.29, 0.717) is 29.3 Å². The molecule has 3 aliphatic rings. The van der Waals surface area contributed by atoms with Crippen molar-refractivity contribution in [3.8, 4) is 11.3 Å². The SMILES string of the molecule is CN1CCC(N2C[C@@H]3C(C(=O)Cc4nc(-c5ccc(F)cc5)ccc4N)[C@@H]3C2)CC1. The Morgan fingerprint density at radius 1 is 1.10 bits per heavy atom. The number of nitrogen functional groups attached to an aromatic ring is 1. The zero-order chi connectivity index (χ0) is 20.8. The van der Waals surface area contributed by atoms with Gasteiger partial charge in [0, 0.05) is 30.6 Å². The van der Waals surface area contributed by atoms with Crippen LogP contribution in [-0.4, -0.2) is 59.8 Å². The summed E-state index contributed by atoms with van der Waals surface area (Å²) < 4.78 is 13.2. The smallest absolute Gasteiger partial charge is 0.142 e. The van der Waals surface area contributed by atoms with Crippen LogP contribution in [0.5, 0.6) is 0 Å². The molecule has 2 saturated heterocycles. The average Bonchev–Trinajstić information content (AvgIpc) is 3.25. The number of likely N-dealkylation sites (tertiary alicyclic amines) is 2. The molecule has 1 saturated carbocycles. The Morgan fingerprint density at radius 2 is 1.77 bits per heavy atom. The number of carbonyl (C=O) groups excluding carboxylic acids is 1. The van der Waals surface area contributed by atoms with Gasteiger partial charge >= 0.3 is 0 Å². The number of ketones is 1. The first kappa shape index (κ1) is 19.6. The van der Waals surface area contributed by atoms with Crippen molar-refractivity contribution in [2.75, 3.05) is 39.0 Å². The zero-order valence-electron chi connectivity index (χ0n) is 17.4. The van der Waals surface area contributed by atoms with Crippen LogP contribution in [0.1, 0.15) is 18.5 Å². The number of nitrogens with zero attached hydrogens (tertiary/aromatic N) is 3. The Kier molecular flexibility index (Phi) is 5.07. The number of anilines is 1. The number of rotatable bonds is 5. The van der Waals surface area contributed by atoms with Gasteiger partial charge in [0.05, 0.1) is 23.5 Å². The van der Waals surface area contributed by atoms with E-state index in [1.807, 2.05) is 6.07 Å². The normalized spacial score (nSPS) is 27.2. The summed E-state index contributed by atoms with van der Waals surface area (Å²) in [5.41, 5.74) is 8.85. The predicted octanol–water partition coefficient (Wildman–Crippen LogP) is 2.85. The fourth-order valence-electron chi connectivity index (χ4n) is 5.41. The van der Waals surface area contributed by atoms with Gasteiger partial charge in [-0.15, -0.1) is 0 Å². The van der Waals surface area contributed by atoms with Crippen molar-refractivity contribution < 1.29 is 9.18 Å². The van der Waals surface area contributed by atoms with Crippen molar-refractivity contribution in [1.82, 2.24) is 14.8 Å². The average molecular weight is 409 g/mol. The van der Waals surface area contributed by atoms with E-state index in [2.05, 4.69) is 21.8 Å². The van der Waals surface area contributed by atoms with Crippen LogP contribution < -0.4 is 5.73 Å². The van der Waals surface area contributed by atoms with Gasteiger partial charge in [-0.2, -0.15) is 0 Å². The van der Waals surface area contributed by atoms with Crippen molar-refractivity contribution >= 4 is 11.5 Å². The monoisotopic (exact) mass is 408 g/mol. The maximum atomic E-state index is 13.2. The first-order chi connectivity index (χ1) is 14.5. The van der Waals surface area contributed by atoms with E-state index < -0.39 is 0 Å². The topological polar surface area (TPSA) is 62.5 Å². The zero-order valence-corrected chi connectivity index (χ0v) is 17.4. The van der Waals surface area contributed by atoms with E-state index in [-0.39, 0.29) is 23.9 Å². The maximum Gasteiger partial charge on any atom is 0.142 e. The van der Waals surface area contributed by atoms with Crippen molar-refractivity contribution in [2.24, 2.45) is 17.8 Å². The van der Waals surface area contributed by atoms with E-state index in [1.165, 1.54) is 38.1 Å². The highest BCUT2D eigenvalue weighted by molar-refractivity contribution is 5.87. The van der Waals surface area contributed by atoms with Crippen LogP contribution in [-0.2, 0) is 11.2 Å². The molecule has 1 aromatic carbocycles. The van der Waals surface area contributed by atoms with Gasteiger partial charge in [-0.3, -0.25) is 14.7 Å². The molecule has 5 nitrogen and oxygen atoms in total.